The zero-order valence-corrected chi connectivity index (χ0v) is 8.38. The van der Waals surface area contributed by atoms with Crippen LogP contribution in [-0.2, 0) is 4.79 Å². The van der Waals surface area contributed by atoms with E-state index in [4.69, 9.17) is 0 Å². The molecule has 0 heterocycles. The fourth-order valence-electron chi connectivity index (χ4n) is 1.40. The molecule has 76 valence electrons. The van der Waals surface area contributed by atoms with Gasteiger partial charge in [-0.2, -0.15) is 0 Å². The van der Waals surface area contributed by atoms with Crippen LogP contribution in [0.25, 0.3) is 0 Å². The van der Waals surface area contributed by atoms with Crippen molar-refractivity contribution in [3.05, 3.63) is 35.6 Å². The molecule has 0 aliphatic carbocycles. The maximum atomic E-state index is 13.3. The van der Waals surface area contributed by atoms with Gasteiger partial charge in [-0.1, -0.05) is 25.1 Å². The molecule has 0 saturated heterocycles. The van der Waals surface area contributed by atoms with Crippen molar-refractivity contribution in [3.63, 3.8) is 0 Å². The molecule has 1 unspecified atom stereocenters. The number of halogens is 1. The highest BCUT2D eigenvalue weighted by molar-refractivity contribution is 5.73. The zero-order chi connectivity index (χ0) is 10.6. The average Bonchev–Trinajstić information content (AvgIpc) is 2.15. The van der Waals surface area contributed by atoms with E-state index in [1.54, 1.807) is 18.2 Å². The summed E-state index contributed by atoms with van der Waals surface area (Å²) in [4.78, 5) is 10.9. The molecule has 14 heavy (non-hydrogen) atoms. The lowest BCUT2D eigenvalue weighted by molar-refractivity contribution is -0.119. The second-order valence-corrected chi connectivity index (χ2v) is 3.18. The molecule has 3 heteroatoms. The van der Waals surface area contributed by atoms with Crippen LogP contribution < -0.4 is 5.32 Å². The SMILES string of the molecule is CCC(NC(C)=O)c1ccccc1F. The van der Waals surface area contributed by atoms with Crippen LogP contribution in [0.3, 0.4) is 0 Å². The largest absolute Gasteiger partial charge is 0.349 e. The molecule has 0 bridgehead atoms. The molecule has 0 radical (unpaired) electrons. The van der Waals surface area contributed by atoms with Crippen LogP contribution >= 0.6 is 0 Å². The van der Waals surface area contributed by atoms with Gasteiger partial charge in [0, 0.05) is 12.5 Å². The Morgan fingerprint density at radius 2 is 2.14 bits per heavy atom. The average molecular weight is 195 g/mol. The van der Waals surface area contributed by atoms with E-state index >= 15 is 0 Å². The van der Waals surface area contributed by atoms with Crippen LogP contribution in [0, 0.1) is 5.82 Å². The van der Waals surface area contributed by atoms with Crippen LogP contribution in [-0.4, -0.2) is 5.91 Å². The fourth-order valence-corrected chi connectivity index (χ4v) is 1.40. The first kappa shape index (κ1) is 10.7. The van der Waals surface area contributed by atoms with E-state index in [2.05, 4.69) is 5.32 Å². The quantitative estimate of drug-likeness (QED) is 0.788. The highest BCUT2D eigenvalue weighted by Gasteiger charge is 2.13. The number of carbonyl (C=O) groups excluding carboxylic acids is 1. The Hall–Kier alpha value is -1.38. The first-order chi connectivity index (χ1) is 6.65. The lowest BCUT2D eigenvalue weighted by atomic mass is 10.0. The minimum absolute atomic E-state index is 0.139. The maximum Gasteiger partial charge on any atom is 0.217 e. The normalized spacial score (nSPS) is 12.2. The van der Waals surface area contributed by atoms with Crippen molar-refractivity contribution in [1.82, 2.24) is 5.32 Å². The molecule has 0 fully saturated rings. The van der Waals surface area contributed by atoms with Crippen molar-refractivity contribution in [2.75, 3.05) is 0 Å². The zero-order valence-electron chi connectivity index (χ0n) is 8.38. The van der Waals surface area contributed by atoms with Gasteiger partial charge in [0.05, 0.1) is 6.04 Å². The summed E-state index contributed by atoms with van der Waals surface area (Å²) in [6.07, 6.45) is 0.681. The number of amides is 1. The second kappa shape index (κ2) is 4.74. The van der Waals surface area contributed by atoms with Gasteiger partial charge >= 0.3 is 0 Å². The molecular weight excluding hydrogens is 181 g/mol. The summed E-state index contributed by atoms with van der Waals surface area (Å²) < 4.78 is 13.3. The van der Waals surface area contributed by atoms with Gasteiger partial charge in [0.1, 0.15) is 5.82 Å². The number of nitrogens with one attached hydrogen (secondary N) is 1. The van der Waals surface area contributed by atoms with E-state index < -0.39 is 0 Å². The third kappa shape index (κ3) is 2.55. The first-order valence-corrected chi connectivity index (χ1v) is 4.66. The summed E-state index contributed by atoms with van der Waals surface area (Å²) in [6.45, 7) is 3.34. The first-order valence-electron chi connectivity index (χ1n) is 4.66. The minimum Gasteiger partial charge on any atom is -0.349 e. The summed E-state index contributed by atoms with van der Waals surface area (Å²) in [5, 5.41) is 2.71. The predicted molar refractivity (Wildman–Crippen MR) is 53.2 cm³/mol. The van der Waals surface area contributed by atoms with E-state index in [9.17, 15) is 9.18 Å². The van der Waals surface area contributed by atoms with Crippen molar-refractivity contribution >= 4 is 5.91 Å². The monoisotopic (exact) mass is 195 g/mol. The lowest BCUT2D eigenvalue weighted by Crippen LogP contribution is -2.26. The highest BCUT2D eigenvalue weighted by Crippen LogP contribution is 2.19. The number of hydrogen-bond donors (Lipinski definition) is 1. The molecule has 0 aromatic heterocycles. The molecule has 1 aromatic rings. The van der Waals surface area contributed by atoms with Crippen LogP contribution in [0.2, 0.25) is 0 Å². The Labute approximate surface area is 83.1 Å². The lowest BCUT2D eigenvalue weighted by Gasteiger charge is -2.16. The molecule has 1 amide bonds. The Morgan fingerprint density at radius 3 is 2.64 bits per heavy atom. The van der Waals surface area contributed by atoms with Crippen molar-refractivity contribution in [1.29, 1.82) is 0 Å². The van der Waals surface area contributed by atoms with E-state index in [1.807, 2.05) is 6.92 Å². The molecular formula is C11H14FNO. The number of rotatable bonds is 3. The topological polar surface area (TPSA) is 29.1 Å². The molecule has 1 atom stereocenters. The van der Waals surface area contributed by atoms with Gasteiger partial charge in [-0.3, -0.25) is 4.79 Å². The molecule has 1 rings (SSSR count). The molecule has 1 aromatic carbocycles. The Balaban J connectivity index is 2.89. The Bertz CT molecular complexity index is 325. The highest BCUT2D eigenvalue weighted by atomic mass is 19.1. The molecule has 0 spiro atoms. The molecule has 2 nitrogen and oxygen atoms in total. The Morgan fingerprint density at radius 1 is 1.50 bits per heavy atom. The van der Waals surface area contributed by atoms with Crippen molar-refractivity contribution in [3.8, 4) is 0 Å². The minimum atomic E-state index is -0.270. The molecule has 0 saturated carbocycles. The van der Waals surface area contributed by atoms with Crippen LogP contribution in [0.1, 0.15) is 31.9 Å². The molecule has 1 N–H and O–H groups in total. The van der Waals surface area contributed by atoms with Gasteiger partial charge in [0.2, 0.25) is 5.91 Å². The summed E-state index contributed by atoms with van der Waals surface area (Å²) in [6, 6.07) is 6.27. The van der Waals surface area contributed by atoms with Crippen molar-refractivity contribution in [2.45, 2.75) is 26.3 Å². The van der Waals surface area contributed by atoms with Gasteiger partial charge in [-0.15, -0.1) is 0 Å². The van der Waals surface area contributed by atoms with Gasteiger partial charge in [-0.25, -0.2) is 4.39 Å². The van der Waals surface area contributed by atoms with Gasteiger partial charge < -0.3 is 5.32 Å². The number of benzene rings is 1. The summed E-state index contributed by atoms with van der Waals surface area (Å²) >= 11 is 0. The second-order valence-electron chi connectivity index (χ2n) is 3.18. The van der Waals surface area contributed by atoms with Crippen molar-refractivity contribution < 1.29 is 9.18 Å². The standard InChI is InChI=1S/C11H14FNO/c1-3-11(13-8(2)14)9-6-4-5-7-10(9)12/h4-7,11H,3H2,1-2H3,(H,13,14). The fraction of sp³-hybridized carbons (Fsp3) is 0.364. The van der Waals surface area contributed by atoms with Gasteiger partial charge in [0.15, 0.2) is 0 Å². The van der Waals surface area contributed by atoms with E-state index in [1.165, 1.54) is 13.0 Å². The third-order valence-electron chi connectivity index (χ3n) is 2.07. The van der Waals surface area contributed by atoms with E-state index in [0.29, 0.717) is 12.0 Å². The van der Waals surface area contributed by atoms with Crippen LogP contribution in [0.15, 0.2) is 24.3 Å². The number of carbonyl (C=O) groups is 1. The maximum absolute atomic E-state index is 13.3. The van der Waals surface area contributed by atoms with Gasteiger partial charge in [0.25, 0.3) is 0 Å². The third-order valence-corrected chi connectivity index (χ3v) is 2.07. The van der Waals surface area contributed by atoms with Gasteiger partial charge in [-0.05, 0) is 12.5 Å². The Kier molecular flexibility index (Phi) is 3.63. The smallest absolute Gasteiger partial charge is 0.217 e. The van der Waals surface area contributed by atoms with Crippen molar-refractivity contribution in [2.24, 2.45) is 0 Å². The number of hydrogen-bond acceptors (Lipinski definition) is 1. The summed E-state index contributed by atoms with van der Waals surface area (Å²) in [7, 11) is 0. The predicted octanol–water partition coefficient (Wildman–Crippen LogP) is 2.41. The van der Waals surface area contributed by atoms with Crippen LogP contribution in [0.5, 0.6) is 0 Å². The van der Waals surface area contributed by atoms with Crippen LogP contribution in [0.4, 0.5) is 4.39 Å². The van der Waals surface area contributed by atoms with E-state index in [0.717, 1.165) is 0 Å². The van der Waals surface area contributed by atoms with E-state index in [-0.39, 0.29) is 17.8 Å². The summed E-state index contributed by atoms with van der Waals surface area (Å²) in [5.74, 6) is -0.409. The molecule has 0 aliphatic rings. The molecule has 0 aliphatic heterocycles. The summed E-state index contributed by atoms with van der Waals surface area (Å²) in [5.41, 5.74) is 0.546.